The van der Waals surface area contributed by atoms with Crippen LogP contribution in [0.15, 0.2) is 0 Å². The molecular formula is C5H13O4P. The van der Waals surface area contributed by atoms with E-state index >= 15 is 0 Å². The molecule has 0 rings (SSSR count). The summed E-state index contributed by atoms with van der Waals surface area (Å²) in [5.41, 5.74) is 0. The highest BCUT2D eigenvalue weighted by Gasteiger charge is 2.20. The van der Waals surface area contributed by atoms with Gasteiger partial charge >= 0.3 is 7.82 Å². The monoisotopic (exact) mass is 168 g/mol. The Kier molecular flexibility index (Phi) is 3.52. The summed E-state index contributed by atoms with van der Waals surface area (Å²) in [5, 5.41) is 0. The van der Waals surface area contributed by atoms with Crippen LogP contribution < -0.4 is 0 Å². The molecule has 4 nitrogen and oxygen atoms in total. The zero-order chi connectivity index (χ0) is 8.36. The Labute approximate surface area is 60.5 Å². The zero-order valence-corrected chi connectivity index (χ0v) is 7.21. The fourth-order valence-electron chi connectivity index (χ4n) is 0.338. The second kappa shape index (κ2) is 3.49. The number of phosphoric ester groups is 1. The standard InChI is InChI=1S/C5H13O4P/c1-4(2)5(3)9-10(6,7)8/h4-5H,1-3H3,(H2,6,7,8)/t5-/m0/s1. The van der Waals surface area contributed by atoms with Crippen molar-refractivity contribution in [3.8, 4) is 0 Å². The van der Waals surface area contributed by atoms with E-state index in [0.717, 1.165) is 0 Å². The molecule has 0 unspecified atom stereocenters. The lowest BCUT2D eigenvalue weighted by Crippen LogP contribution is -2.13. The van der Waals surface area contributed by atoms with Gasteiger partial charge in [0, 0.05) is 0 Å². The summed E-state index contributed by atoms with van der Waals surface area (Å²) >= 11 is 0. The van der Waals surface area contributed by atoms with Gasteiger partial charge in [-0.05, 0) is 12.8 Å². The van der Waals surface area contributed by atoms with Gasteiger partial charge in [0.05, 0.1) is 6.10 Å². The van der Waals surface area contributed by atoms with Crippen molar-refractivity contribution >= 4 is 7.82 Å². The van der Waals surface area contributed by atoms with Crippen LogP contribution in [0.4, 0.5) is 0 Å². The van der Waals surface area contributed by atoms with Crippen LogP contribution in [0.5, 0.6) is 0 Å². The number of phosphoric acid groups is 1. The summed E-state index contributed by atoms with van der Waals surface area (Å²) in [5.74, 6) is 0.118. The van der Waals surface area contributed by atoms with E-state index < -0.39 is 13.9 Å². The molecule has 0 fully saturated rings. The van der Waals surface area contributed by atoms with E-state index in [1.807, 2.05) is 13.8 Å². The van der Waals surface area contributed by atoms with Crippen molar-refractivity contribution in [3.05, 3.63) is 0 Å². The van der Waals surface area contributed by atoms with Gasteiger partial charge in [0.2, 0.25) is 0 Å². The van der Waals surface area contributed by atoms with Crippen molar-refractivity contribution in [1.82, 2.24) is 0 Å². The minimum absolute atomic E-state index is 0.118. The molecule has 2 N–H and O–H groups in total. The second-order valence-corrected chi connectivity index (χ2v) is 3.74. The van der Waals surface area contributed by atoms with Crippen LogP contribution in [0.25, 0.3) is 0 Å². The first-order chi connectivity index (χ1) is 4.33. The first-order valence-corrected chi connectivity index (χ1v) is 4.60. The predicted molar refractivity (Wildman–Crippen MR) is 37.4 cm³/mol. The Balaban J connectivity index is 3.80. The van der Waals surface area contributed by atoms with Crippen LogP contribution in [-0.4, -0.2) is 15.9 Å². The molecule has 0 radical (unpaired) electrons. The van der Waals surface area contributed by atoms with E-state index in [0.29, 0.717) is 0 Å². The van der Waals surface area contributed by atoms with Gasteiger partial charge in [0.15, 0.2) is 0 Å². The molecule has 0 aromatic heterocycles. The van der Waals surface area contributed by atoms with Gasteiger partial charge in [-0.2, -0.15) is 0 Å². The molecule has 62 valence electrons. The van der Waals surface area contributed by atoms with Crippen molar-refractivity contribution in [1.29, 1.82) is 0 Å². The third kappa shape index (κ3) is 4.94. The average Bonchev–Trinajstić information content (AvgIpc) is 1.60. The highest BCUT2D eigenvalue weighted by atomic mass is 31.2. The predicted octanol–water partition coefficient (Wildman–Crippen LogP) is 1.14. The first-order valence-electron chi connectivity index (χ1n) is 3.07. The molecule has 5 heteroatoms. The Morgan fingerprint density at radius 2 is 1.70 bits per heavy atom. The van der Waals surface area contributed by atoms with Gasteiger partial charge in [-0.3, -0.25) is 4.52 Å². The van der Waals surface area contributed by atoms with Crippen LogP contribution in [-0.2, 0) is 9.09 Å². The zero-order valence-electron chi connectivity index (χ0n) is 6.31. The van der Waals surface area contributed by atoms with Crippen LogP contribution in [0.3, 0.4) is 0 Å². The van der Waals surface area contributed by atoms with Gasteiger partial charge in [-0.25, -0.2) is 4.57 Å². The fourth-order valence-corrected chi connectivity index (χ4v) is 1.01. The molecule has 0 amide bonds. The molecule has 0 saturated heterocycles. The molecule has 10 heavy (non-hydrogen) atoms. The fraction of sp³-hybridized carbons (Fsp3) is 1.00. The Morgan fingerprint density at radius 3 is 1.80 bits per heavy atom. The van der Waals surface area contributed by atoms with Crippen molar-refractivity contribution in [2.24, 2.45) is 5.92 Å². The minimum Gasteiger partial charge on any atom is -0.303 e. The van der Waals surface area contributed by atoms with Crippen molar-refractivity contribution in [2.75, 3.05) is 0 Å². The lowest BCUT2D eigenvalue weighted by molar-refractivity contribution is 0.113. The second-order valence-electron chi connectivity index (χ2n) is 2.55. The number of hydrogen-bond acceptors (Lipinski definition) is 2. The maximum absolute atomic E-state index is 10.2. The van der Waals surface area contributed by atoms with Crippen molar-refractivity contribution in [3.63, 3.8) is 0 Å². The Morgan fingerprint density at radius 1 is 1.30 bits per heavy atom. The average molecular weight is 168 g/mol. The van der Waals surface area contributed by atoms with E-state index in [-0.39, 0.29) is 5.92 Å². The van der Waals surface area contributed by atoms with E-state index in [4.69, 9.17) is 9.79 Å². The number of rotatable bonds is 3. The van der Waals surface area contributed by atoms with Crippen LogP contribution in [0.2, 0.25) is 0 Å². The molecule has 0 aliphatic heterocycles. The largest absolute Gasteiger partial charge is 0.469 e. The molecule has 0 heterocycles. The van der Waals surface area contributed by atoms with Gasteiger partial charge in [-0.1, -0.05) is 13.8 Å². The van der Waals surface area contributed by atoms with Crippen LogP contribution in [0, 0.1) is 5.92 Å². The molecule has 0 aliphatic rings. The topological polar surface area (TPSA) is 66.8 Å². The minimum atomic E-state index is -4.28. The van der Waals surface area contributed by atoms with Crippen LogP contribution in [0.1, 0.15) is 20.8 Å². The van der Waals surface area contributed by atoms with Gasteiger partial charge in [0.1, 0.15) is 0 Å². The third-order valence-corrected chi connectivity index (χ3v) is 1.85. The summed E-state index contributed by atoms with van der Waals surface area (Å²) in [4.78, 5) is 16.7. The Hall–Kier alpha value is 0.110. The molecule has 0 aromatic carbocycles. The molecule has 0 aromatic rings. The van der Waals surface area contributed by atoms with Gasteiger partial charge in [0.25, 0.3) is 0 Å². The first kappa shape index (κ1) is 10.1. The molecule has 0 saturated carbocycles. The highest BCUT2D eigenvalue weighted by molar-refractivity contribution is 7.46. The van der Waals surface area contributed by atoms with Gasteiger partial charge < -0.3 is 9.79 Å². The smallest absolute Gasteiger partial charge is 0.303 e. The summed E-state index contributed by atoms with van der Waals surface area (Å²) in [6.07, 6.45) is -0.402. The molecular weight excluding hydrogens is 155 g/mol. The van der Waals surface area contributed by atoms with E-state index in [1.165, 1.54) is 0 Å². The molecule has 0 aliphatic carbocycles. The van der Waals surface area contributed by atoms with Gasteiger partial charge in [-0.15, -0.1) is 0 Å². The SMILES string of the molecule is CC(C)[C@H](C)OP(=O)(O)O. The third-order valence-electron chi connectivity index (χ3n) is 1.24. The van der Waals surface area contributed by atoms with Crippen LogP contribution >= 0.6 is 7.82 Å². The quantitative estimate of drug-likeness (QED) is 0.620. The summed E-state index contributed by atoms with van der Waals surface area (Å²) in [6, 6.07) is 0. The van der Waals surface area contributed by atoms with Crippen molar-refractivity contribution < 1.29 is 18.9 Å². The molecule has 1 atom stereocenters. The molecule has 0 spiro atoms. The number of hydrogen-bond donors (Lipinski definition) is 2. The summed E-state index contributed by atoms with van der Waals surface area (Å²) in [6.45, 7) is 5.30. The summed E-state index contributed by atoms with van der Waals surface area (Å²) in [7, 11) is -4.28. The maximum atomic E-state index is 10.2. The van der Waals surface area contributed by atoms with Crippen molar-refractivity contribution in [2.45, 2.75) is 26.9 Å². The Bertz CT molecular complexity index is 139. The van der Waals surface area contributed by atoms with E-state index in [2.05, 4.69) is 4.52 Å². The molecule has 0 bridgehead atoms. The lowest BCUT2D eigenvalue weighted by atomic mass is 10.1. The lowest BCUT2D eigenvalue weighted by Gasteiger charge is -2.16. The normalized spacial score (nSPS) is 15.8. The summed E-state index contributed by atoms with van der Waals surface area (Å²) < 4.78 is 14.6. The maximum Gasteiger partial charge on any atom is 0.469 e. The van der Waals surface area contributed by atoms with E-state index in [1.54, 1.807) is 6.92 Å². The highest BCUT2D eigenvalue weighted by Crippen LogP contribution is 2.38. The van der Waals surface area contributed by atoms with E-state index in [9.17, 15) is 4.57 Å².